The molecule has 2 rings (SSSR count). The first kappa shape index (κ1) is 19.0. The quantitative estimate of drug-likeness (QED) is 0.790. The van der Waals surface area contributed by atoms with Crippen molar-refractivity contribution >= 4 is 18.4 Å². The van der Waals surface area contributed by atoms with Crippen LogP contribution in [0.5, 0.6) is 5.75 Å². The van der Waals surface area contributed by atoms with Crippen LogP contribution in [0, 0.1) is 0 Å². The summed E-state index contributed by atoms with van der Waals surface area (Å²) in [6.07, 6.45) is 0.456. The molecule has 0 radical (unpaired) electrons. The Kier molecular flexibility index (Phi) is 8.16. The van der Waals surface area contributed by atoms with Gasteiger partial charge >= 0.3 is 5.97 Å². The molecule has 0 saturated carbocycles. The molecule has 4 nitrogen and oxygen atoms in total. The van der Waals surface area contributed by atoms with Crippen molar-refractivity contribution in [2.75, 3.05) is 6.61 Å². The van der Waals surface area contributed by atoms with E-state index in [-0.39, 0.29) is 18.4 Å². The SMILES string of the molecule is CCOC(=O)[C@@H](N)Cc1ccc(OCc2ccccc2)cc1.Cl. The predicted molar refractivity (Wildman–Crippen MR) is 92.8 cm³/mol. The molecule has 2 aromatic carbocycles. The lowest BCUT2D eigenvalue weighted by molar-refractivity contribution is -0.144. The minimum absolute atomic E-state index is 0. The molecule has 0 amide bonds. The first-order chi connectivity index (χ1) is 10.7. The molecule has 0 aliphatic heterocycles. The van der Waals surface area contributed by atoms with Gasteiger partial charge in [0.2, 0.25) is 0 Å². The summed E-state index contributed by atoms with van der Waals surface area (Å²) in [5.41, 5.74) is 7.90. The summed E-state index contributed by atoms with van der Waals surface area (Å²) in [6, 6.07) is 17.0. The van der Waals surface area contributed by atoms with Crippen LogP contribution in [0.2, 0.25) is 0 Å². The van der Waals surface area contributed by atoms with Crippen molar-refractivity contribution in [2.45, 2.75) is 26.0 Å². The third-order valence-electron chi connectivity index (χ3n) is 3.22. The summed E-state index contributed by atoms with van der Waals surface area (Å²) in [4.78, 5) is 11.5. The Morgan fingerprint density at radius 1 is 1.04 bits per heavy atom. The predicted octanol–water partition coefficient (Wildman–Crippen LogP) is 3.12. The standard InChI is InChI=1S/C18H21NO3.ClH/c1-2-21-18(20)17(19)12-14-8-10-16(11-9-14)22-13-15-6-4-3-5-7-15;/h3-11,17H,2,12-13,19H2,1H3;1H/t17-;/m0./s1. The maximum absolute atomic E-state index is 11.5. The van der Waals surface area contributed by atoms with Crippen molar-refractivity contribution in [3.8, 4) is 5.75 Å². The van der Waals surface area contributed by atoms with E-state index >= 15 is 0 Å². The van der Waals surface area contributed by atoms with Crippen LogP contribution in [0.3, 0.4) is 0 Å². The number of carbonyl (C=O) groups excluding carboxylic acids is 1. The van der Waals surface area contributed by atoms with E-state index in [2.05, 4.69) is 0 Å². The van der Waals surface area contributed by atoms with E-state index in [1.54, 1.807) is 6.92 Å². The highest BCUT2D eigenvalue weighted by Gasteiger charge is 2.14. The van der Waals surface area contributed by atoms with Crippen LogP contribution in [0.1, 0.15) is 18.1 Å². The van der Waals surface area contributed by atoms with Crippen molar-refractivity contribution in [3.63, 3.8) is 0 Å². The molecule has 124 valence electrons. The van der Waals surface area contributed by atoms with Crippen LogP contribution in [-0.2, 0) is 22.6 Å². The molecule has 0 spiro atoms. The summed E-state index contributed by atoms with van der Waals surface area (Å²) in [5, 5.41) is 0. The average Bonchev–Trinajstić information content (AvgIpc) is 2.55. The van der Waals surface area contributed by atoms with Crippen LogP contribution < -0.4 is 10.5 Å². The molecule has 0 aliphatic carbocycles. The van der Waals surface area contributed by atoms with Crippen molar-refractivity contribution in [1.82, 2.24) is 0 Å². The minimum atomic E-state index is -0.629. The van der Waals surface area contributed by atoms with Gasteiger partial charge in [0.25, 0.3) is 0 Å². The number of halogens is 1. The molecular weight excluding hydrogens is 314 g/mol. The number of rotatable bonds is 7. The zero-order valence-corrected chi connectivity index (χ0v) is 13.9. The topological polar surface area (TPSA) is 61.5 Å². The van der Waals surface area contributed by atoms with Crippen molar-refractivity contribution < 1.29 is 14.3 Å². The van der Waals surface area contributed by atoms with Gasteiger partial charge in [0, 0.05) is 0 Å². The summed E-state index contributed by atoms with van der Waals surface area (Å²) in [7, 11) is 0. The maximum Gasteiger partial charge on any atom is 0.323 e. The molecular formula is C18H22ClNO3. The summed E-state index contributed by atoms with van der Waals surface area (Å²) in [5.74, 6) is 0.421. The van der Waals surface area contributed by atoms with Gasteiger partial charge in [0.1, 0.15) is 18.4 Å². The van der Waals surface area contributed by atoms with Gasteiger partial charge in [-0.1, -0.05) is 42.5 Å². The number of carbonyl (C=O) groups is 1. The summed E-state index contributed by atoms with van der Waals surface area (Å²) >= 11 is 0. The Morgan fingerprint density at radius 2 is 1.70 bits per heavy atom. The molecule has 0 aromatic heterocycles. The Morgan fingerprint density at radius 3 is 2.30 bits per heavy atom. The number of nitrogens with two attached hydrogens (primary N) is 1. The van der Waals surface area contributed by atoms with Gasteiger partial charge in [0.05, 0.1) is 6.61 Å². The van der Waals surface area contributed by atoms with Crippen molar-refractivity contribution in [1.29, 1.82) is 0 Å². The molecule has 5 heteroatoms. The molecule has 0 aliphatic rings. The van der Waals surface area contributed by atoms with Crippen LogP contribution in [0.4, 0.5) is 0 Å². The van der Waals surface area contributed by atoms with E-state index < -0.39 is 6.04 Å². The molecule has 2 aromatic rings. The molecule has 23 heavy (non-hydrogen) atoms. The second-order valence-corrected chi connectivity index (χ2v) is 4.98. The highest BCUT2D eigenvalue weighted by Crippen LogP contribution is 2.15. The smallest absolute Gasteiger partial charge is 0.323 e. The van der Waals surface area contributed by atoms with Crippen molar-refractivity contribution in [3.05, 3.63) is 65.7 Å². The summed E-state index contributed by atoms with van der Waals surface area (Å²) in [6.45, 7) is 2.64. The molecule has 0 fully saturated rings. The van der Waals surface area contributed by atoms with Crippen LogP contribution >= 0.6 is 12.4 Å². The van der Waals surface area contributed by atoms with Gasteiger partial charge in [-0.2, -0.15) is 0 Å². The zero-order valence-electron chi connectivity index (χ0n) is 13.1. The van der Waals surface area contributed by atoms with E-state index in [4.69, 9.17) is 15.2 Å². The third kappa shape index (κ3) is 6.30. The zero-order chi connectivity index (χ0) is 15.8. The van der Waals surface area contributed by atoms with Gasteiger partial charge in [-0.25, -0.2) is 0 Å². The fourth-order valence-electron chi connectivity index (χ4n) is 2.05. The second-order valence-electron chi connectivity index (χ2n) is 4.98. The van der Waals surface area contributed by atoms with Gasteiger partial charge in [-0.15, -0.1) is 12.4 Å². The molecule has 0 saturated heterocycles. The second kappa shape index (κ2) is 9.87. The lowest BCUT2D eigenvalue weighted by Crippen LogP contribution is -2.34. The van der Waals surface area contributed by atoms with E-state index in [1.165, 1.54) is 0 Å². The fraction of sp³-hybridized carbons (Fsp3) is 0.278. The Bertz CT molecular complexity index is 587. The molecule has 0 unspecified atom stereocenters. The van der Waals surface area contributed by atoms with E-state index in [0.29, 0.717) is 19.6 Å². The first-order valence-electron chi connectivity index (χ1n) is 7.37. The minimum Gasteiger partial charge on any atom is -0.489 e. The van der Waals surface area contributed by atoms with Crippen LogP contribution in [0.25, 0.3) is 0 Å². The normalized spacial score (nSPS) is 11.2. The Hall–Kier alpha value is -2.04. The number of esters is 1. The highest BCUT2D eigenvalue weighted by molar-refractivity contribution is 5.85. The monoisotopic (exact) mass is 335 g/mol. The Labute approximate surface area is 143 Å². The summed E-state index contributed by atoms with van der Waals surface area (Å²) < 4.78 is 10.6. The van der Waals surface area contributed by atoms with Gasteiger partial charge in [-0.05, 0) is 36.6 Å². The molecule has 0 bridgehead atoms. The van der Waals surface area contributed by atoms with E-state index in [9.17, 15) is 4.79 Å². The third-order valence-corrected chi connectivity index (χ3v) is 3.22. The fourth-order valence-corrected chi connectivity index (χ4v) is 2.05. The number of hydrogen-bond acceptors (Lipinski definition) is 4. The Balaban J connectivity index is 0.00000264. The first-order valence-corrected chi connectivity index (χ1v) is 7.37. The molecule has 1 atom stereocenters. The average molecular weight is 336 g/mol. The molecule has 0 heterocycles. The van der Waals surface area contributed by atoms with Gasteiger partial charge < -0.3 is 15.2 Å². The highest BCUT2D eigenvalue weighted by atomic mass is 35.5. The largest absolute Gasteiger partial charge is 0.489 e. The van der Waals surface area contributed by atoms with Crippen LogP contribution in [-0.4, -0.2) is 18.6 Å². The molecule has 2 N–H and O–H groups in total. The van der Waals surface area contributed by atoms with Crippen molar-refractivity contribution in [2.24, 2.45) is 5.73 Å². The number of ether oxygens (including phenoxy) is 2. The maximum atomic E-state index is 11.5. The van der Waals surface area contributed by atoms with Gasteiger partial charge in [-0.3, -0.25) is 4.79 Å². The number of hydrogen-bond donors (Lipinski definition) is 1. The van der Waals surface area contributed by atoms with E-state index in [0.717, 1.165) is 16.9 Å². The van der Waals surface area contributed by atoms with Crippen LogP contribution in [0.15, 0.2) is 54.6 Å². The number of benzene rings is 2. The van der Waals surface area contributed by atoms with Gasteiger partial charge in [0.15, 0.2) is 0 Å². The lowest BCUT2D eigenvalue weighted by atomic mass is 10.1. The van der Waals surface area contributed by atoms with E-state index in [1.807, 2.05) is 54.6 Å². The lowest BCUT2D eigenvalue weighted by Gasteiger charge is -2.11.